The Morgan fingerprint density at radius 2 is 2.08 bits per heavy atom. The van der Waals surface area contributed by atoms with E-state index in [1.54, 1.807) is 11.8 Å². The van der Waals surface area contributed by atoms with Crippen LogP contribution in [0, 0.1) is 5.92 Å². The second-order valence-electron chi connectivity index (χ2n) is 8.42. The monoisotopic (exact) mass is 351 g/mol. The summed E-state index contributed by atoms with van der Waals surface area (Å²) in [5, 5.41) is 11.6. The number of carbonyl (C=O) groups excluding carboxylic acids is 2. The molecule has 3 atom stereocenters. The maximum absolute atomic E-state index is 13.1. The lowest BCUT2D eigenvalue weighted by atomic mass is 9.71. The van der Waals surface area contributed by atoms with Crippen LogP contribution in [0.4, 0.5) is 0 Å². The van der Waals surface area contributed by atoms with Gasteiger partial charge in [-0.05, 0) is 59.8 Å². The van der Waals surface area contributed by atoms with Gasteiger partial charge in [-0.25, -0.2) is 4.79 Å². The van der Waals surface area contributed by atoms with Gasteiger partial charge in [-0.2, -0.15) is 0 Å². The highest BCUT2D eigenvalue weighted by Crippen LogP contribution is 2.52. The number of hydrogen-bond donors (Lipinski definition) is 1. The molecule has 142 valence electrons. The predicted octanol–water partition coefficient (Wildman–Crippen LogP) is 3.21. The molecule has 1 N–H and O–H groups in total. The average molecular weight is 351 g/mol. The van der Waals surface area contributed by atoms with Crippen molar-refractivity contribution >= 4 is 11.9 Å². The third kappa shape index (κ3) is 3.35. The number of ether oxygens (including phenoxy) is 1. The summed E-state index contributed by atoms with van der Waals surface area (Å²) in [6, 6.07) is 0. The van der Waals surface area contributed by atoms with E-state index >= 15 is 0 Å². The second-order valence-corrected chi connectivity index (χ2v) is 8.42. The van der Waals surface area contributed by atoms with Gasteiger partial charge in [0.25, 0.3) is 0 Å². The van der Waals surface area contributed by atoms with Crippen LogP contribution in [0.25, 0.3) is 0 Å². The Hall–Kier alpha value is -1.36. The predicted molar refractivity (Wildman–Crippen MR) is 96.9 cm³/mol. The number of unbranched alkanes of at least 4 members (excludes halogenated alkanes) is 2. The molecule has 0 unspecified atom stereocenters. The van der Waals surface area contributed by atoms with Crippen LogP contribution in [0.1, 0.15) is 73.1 Å². The van der Waals surface area contributed by atoms with Crippen molar-refractivity contribution in [2.24, 2.45) is 5.92 Å². The van der Waals surface area contributed by atoms with Crippen molar-refractivity contribution < 1.29 is 19.4 Å². The molecule has 2 saturated heterocycles. The van der Waals surface area contributed by atoms with Gasteiger partial charge in [0.05, 0.1) is 5.92 Å². The third-order valence-corrected chi connectivity index (χ3v) is 5.60. The summed E-state index contributed by atoms with van der Waals surface area (Å²) >= 11 is 0. The Labute approximate surface area is 151 Å². The van der Waals surface area contributed by atoms with Crippen LogP contribution in [0.2, 0.25) is 0 Å². The van der Waals surface area contributed by atoms with E-state index in [4.69, 9.17) is 4.74 Å². The lowest BCUT2D eigenvalue weighted by molar-refractivity contribution is -0.182. The van der Waals surface area contributed by atoms with Crippen molar-refractivity contribution in [3.05, 3.63) is 12.2 Å². The summed E-state index contributed by atoms with van der Waals surface area (Å²) in [7, 11) is 0. The SMILES string of the molecule is C/C=C/CCCC[C@@]1(O)[C@@H](C)C(=O)N2CCC[C@]21C(=O)OC(C)(C)C. The molecule has 0 aromatic carbocycles. The van der Waals surface area contributed by atoms with E-state index in [1.807, 2.05) is 33.8 Å². The number of rotatable bonds is 6. The minimum absolute atomic E-state index is 0.126. The summed E-state index contributed by atoms with van der Waals surface area (Å²) in [4.78, 5) is 27.5. The lowest BCUT2D eigenvalue weighted by Crippen LogP contribution is -2.63. The molecule has 0 bridgehead atoms. The molecule has 0 saturated carbocycles. The van der Waals surface area contributed by atoms with E-state index in [-0.39, 0.29) is 5.91 Å². The van der Waals surface area contributed by atoms with Gasteiger partial charge in [0, 0.05) is 6.54 Å². The molecule has 1 amide bonds. The average Bonchev–Trinajstić information content (AvgIpc) is 3.02. The summed E-state index contributed by atoms with van der Waals surface area (Å²) in [5.74, 6) is -1.16. The maximum Gasteiger partial charge on any atom is 0.335 e. The molecule has 2 heterocycles. The molecule has 5 heteroatoms. The Morgan fingerprint density at radius 1 is 1.40 bits per heavy atom. The minimum atomic E-state index is -1.36. The van der Waals surface area contributed by atoms with Crippen molar-refractivity contribution in [2.75, 3.05) is 6.54 Å². The van der Waals surface area contributed by atoms with Crippen LogP contribution in [0.3, 0.4) is 0 Å². The van der Waals surface area contributed by atoms with Gasteiger partial charge in [-0.3, -0.25) is 4.79 Å². The zero-order valence-corrected chi connectivity index (χ0v) is 16.3. The molecule has 25 heavy (non-hydrogen) atoms. The number of nitrogens with zero attached hydrogens (tertiary/aromatic N) is 1. The molecule has 5 nitrogen and oxygen atoms in total. The molecule has 0 aromatic rings. The van der Waals surface area contributed by atoms with Crippen molar-refractivity contribution in [2.45, 2.75) is 89.9 Å². The lowest BCUT2D eigenvalue weighted by Gasteiger charge is -2.43. The van der Waals surface area contributed by atoms with Gasteiger partial charge in [-0.1, -0.05) is 25.5 Å². The largest absolute Gasteiger partial charge is 0.458 e. The third-order valence-electron chi connectivity index (χ3n) is 5.60. The number of amides is 1. The van der Waals surface area contributed by atoms with Gasteiger partial charge >= 0.3 is 5.97 Å². The quantitative estimate of drug-likeness (QED) is 0.453. The summed E-state index contributed by atoms with van der Waals surface area (Å²) in [6.07, 6.45) is 8.39. The molecular formula is C20H33NO4. The Morgan fingerprint density at radius 3 is 2.68 bits per heavy atom. The minimum Gasteiger partial charge on any atom is -0.458 e. The molecule has 2 rings (SSSR count). The smallest absolute Gasteiger partial charge is 0.335 e. The number of allylic oxidation sites excluding steroid dienone is 2. The number of hydrogen-bond acceptors (Lipinski definition) is 4. The number of carbonyl (C=O) groups is 2. The van der Waals surface area contributed by atoms with E-state index in [0.29, 0.717) is 19.4 Å². The number of aliphatic hydroxyl groups is 1. The second kappa shape index (κ2) is 7.10. The fraction of sp³-hybridized carbons (Fsp3) is 0.800. The van der Waals surface area contributed by atoms with Crippen LogP contribution >= 0.6 is 0 Å². The van der Waals surface area contributed by atoms with Gasteiger partial charge < -0.3 is 14.7 Å². The Bertz CT molecular complexity index is 550. The first-order chi connectivity index (χ1) is 11.6. The van der Waals surface area contributed by atoms with Crippen LogP contribution in [-0.4, -0.2) is 45.2 Å². The number of esters is 1. The van der Waals surface area contributed by atoms with Crippen molar-refractivity contribution in [1.29, 1.82) is 0 Å². The highest BCUT2D eigenvalue weighted by atomic mass is 16.6. The topological polar surface area (TPSA) is 66.8 Å². The molecule has 0 radical (unpaired) electrons. The van der Waals surface area contributed by atoms with Crippen LogP contribution in [0.15, 0.2) is 12.2 Å². The Balaban J connectivity index is 2.30. The molecule has 2 fully saturated rings. The first-order valence-electron chi connectivity index (χ1n) is 9.48. The van der Waals surface area contributed by atoms with Gasteiger partial charge in [-0.15, -0.1) is 0 Å². The standard InChI is InChI=1S/C20H33NO4/c1-6-7-8-9-10-13-20(24)15(2)16(22)21-14-11-12-19(20,21)17(23)25-18(3,4)5/h6-7,15,24H,8-14H2,1-5H3/b7-6+/t15-,19+,20+/m0/s1. The van der Waals surface area contributed by atoms with E-state index in [9.17, 15) is 14.7 Å². The van der Waals surface area contributed by atoms with Crippen LogP contribution in [0.5, 0.6) is 0 Å². The maximum atomic E-state index is 13.1. The first-order valence-corrected chi connectivity index (χ1v) is 9.48. The molecule has 0 aromatic heterocycles. The zero-order chi connectivity index (χ0) is 18.9. The summed E-state index contributed by atoms with van der Waals surface area (Å²) in [5.41, 5.74) is -3.24. The van der Waals surface area contributed by atoms with Gasteiger partial charge in [0.15, 0.2) is 5.54 Å². The molecular weight excluding hydrogens is 318 g/mol. The van der Waals surface area contributed by atoms with E-state index < -0.39 is 28.6 Å². The van der Waals surface area contributed by atoms with Crippen molar-refractivity contribution in [1.82, 2.24) is 4.90 Å². The normalized spacial score (nSPS) is 32.5. The summed E-state index contributed by atoms with van der Waals surface area (Å²) in [6.45, 7) is 9.70. The zero-order valence-electron chi connectivity index (χ0n) is 16.3. The first kappa shape index (κ1) is 20.0. The van der Waals surface area contributed by atoms with Crippen LogP contribution < -0.4 is 0 Å². The van der Waals surface area contributed by atoms with Crippen molar-refractivity contribution in [3.8, 4) is 0 Å². The van der Waals surface area contributed by atoms with Gasteiger partial charge in [0.2, 0.25) is 5.91 Å². The molecule has 0 aliphatic carbocycles. The fourth-order valence-corrected chi connectivity index (χ4v) is 4.36. The van der Waals surface area contributed by atoms with Gasteiger partial charge in [0.1, 0.15) is 11.2 Å². The van der Waals surface area contributed by atoms with E-state index in [1.165, 1.54) is 0 Å². The molecule has 0 spiro atoms. The van der Waals surface area contributed by atoms with E-state index in [2.05, 4.69) is 6.08 Å². The van der Waals surface area contributed by atoms with Crippen LogP contribution in [-0.2, 0) is 14.3 Å². The molecule has 2 aliphatic heterocycles. The number of fused-ring (bicyclic) bond motifs is 1. The highest BCUT2D eigenvalue weighted by molar-refractivity contribution is 5.96. The molecule has 2 aliphatic rings. The Kier molecular flexibility index (Phi) is 5.67. The fourth-order valence-electron chi connectivity index (χ4n) is 4.36. The van der Waals surface area contributed by atoms with Crippen molar-refractivity contribution in [3.63, 3.8) is 0 Å². The summed E-state index contributed by atoms with van der Waals surface area (Å²) < 4.78 is 5.66. The van der Waals surface area contributed by atoms with E-state index in [0.717, 1.165) is 25.7 Å². The highest BCUT2D eigenvalue weighted by Gasteiger charge is 2.72.